The van der Waals surface area contributed by atoms with Gasteiger partial charge in [-0.2, -0.15) is 0 Å². The summed E-state index contributed by atoms with van der Waals surface area (Å²) in [6, 6.07) is 11.2. The molecular weight excluding hydrogens is 246 g/mol. The van der Waals surface area contributed by atoms with E-state index in [1.165, 1.54) is 11.1 Å². The van der Waals surface area contributed by atoms with Gasteiger partial charge in [0.1, 0.15) is 11.6 Å². The Morgan fingerprint density at radius 3 is 2.44 bits per heavy atom. The van der Waals surface area contributed by atoms with E-state index < -0.39 is 0 Å². The lowest BCUT2D eigenvalue weighted by molar-refractivity contribution is 0.462. The summed E-state index contributed by atoms with van der Waals surface area (Å²) in [7, 11) is 0. The second-order valence-corrected chi connectivity index (χ2v) is 4.46. The molecular formula is C13H13N3OS. The van der Waals surface area contributed by atoms with Gasteiger partial charge in [-0.3, -0.25) is 5.41 Å². The van der Waals surface area contributed by atoms with Crippen molar-refractivity contribution in [1.29, 1.82) is 5.41 Å². The molecule has 0 saturated carbocycles. The van der Waals surface area contributed by atoms with Crippen LogP contribution in [0.2, 0.25) is 0 Å². The monoisotopic (exact) mass is 259 g/mol. The summed E-state index contributed by atoms with van der Waals surface area (Å²) in [4.78, 5) is 5.27. The van der Waals surface area contributed by atoms with E-state index in [-0.39, 0.29) is 5.84 Å². The fourth-order valence-electron chi connectivity index (χ4n) is 1.36. The predicted octanol–water partition coefficient (Wildman–Crippen LogP) is 2.88. The van der Waals surface area contributed by atoms with Gasteiger partial charge in [0.25, 0.3) is 0 Å². The molecule has 2 aromatic rings. The van der Waals surface area contributed by atoms with Gasteiger partial charge in [-0.25, -0.2) is 4.98 Å². The molecule has 0 unspecified atom stereocenters. The Morgan fingerprint density at radius 1 is 1.22 bits per heavy atom. The molecule has 1 aromatic heterocycles. The Hall–Kier alpha value is -2.01. The molecule has 3 N–H and O–H groups in total. The molecule has 0 amide bonds. The number of thioether (sulfide) groups is 1. The van der Waals surface area contributed by atoms with E-state index in [1.54, 1.807) is 23.9 Å². The van der Waals surface area contributed by atoms with Gasteiger partial charge in [0.05, 0.1) is 0 Å². The first-order valence-corrected chi connectivity index (χ1v) is 6.54. The minimum absolute atomic E-state index is 0.00151. The van der Waals surface area contributed by atoms with Crippen molar-refractivity contribution in [3.63, 3.8) is 0 Å². The molecule has 0 aliphatic heterocycles. The molecule has 0 atom stereocenters. The Morgan fingerprint density at radius 2 is 1.94 bits per heavy atom. The molecule has 5 heteroatoms. The SMILES string of the molecule is CSc1ccc(Oc2ccc(C(=N)N)cn2)cc1. The number of nitrogens with one attached hydrogen (secondary N) is 1. The number of hydrogen-bond donors (Lipinski definition) is 2. The molecule has 18 heavy (non-hydrogen) atoms. The molecule has 0 fully saturated rings. The van der Waals surface area contributed by atoms with Gasteiger partial charge in [0, 0.05) is 22.7 Å². The van der Waals surface area contributed by atoms with E-state index in [2.05, 4.69) is 4.98 Å². The summed E-state index contributed by atoms with van der Waals surface area (Å²) in [6.45, 7) is 0. The maximum absolute atomic E-state index is 7.27. The highest BCUT2D eigenvalue weighted by molar-refractivity contribution is 7.98. The summed E-state index contributed by atoms with van der Waals surface area (Å²) in [5.41, 5.74) is 5.93. The number of nitrogens with zero attached hydrogens (tertiary/aromatic N) is 1. The fourth-order valence-corrected chi connectivity index (χ4v) is 1.77. The van der Waals surface area contributed by atoms with Crippen LogP contribution in [0, 0.1) is 5.41 Å². The number of ether oxygens (including phenoxy) is 1. The normalized spacial score (nSPS) is 10.1. The molecule has 1 heterocycles. The van der Waals surface area contributed by atoms with Crippen LogP contribution in [0.3, 0.4) is 0 Å². The molecule has 0 radical (unpaired) electrons. The minimum Gasteiger partial charge on any atom is -0.439 e. The minimum atomic E-state index is -0.00151. The van der Waals surface area contributed by atoms with Crippen LogP contribution in [-0.2, 0) is 0 Å². The van der Waals surface area contributed by atoms with Crippen LogP contribution < -0.4 is 10.5 Å². The van der Waals surface area contributed by atoms with Gasteiger partial charge in [0.15, 0.2) is 0 Å². The third-order valence-electron chi connectivity index (χ3n) is 2.33. The van der Waals surface area contributed by atoms with Crippen LogP contribution in [0.5, 0.6) is 11.6 Å². The summed E-state index contributed by atoms with van der Waals surface area (Å²) in [5.74, 6) is 1.21. The lowest BCUT2D eigenvalue weighted by Gasteiger charge is -2.05. The highest BCUT2D eigenvalue weighted by Crippen LogP contribution is 2.22. The standard InChI is InChI=1S/C13H13N3OS/c1-18-11-5-3-10(4-6-11)17-12-7-2-9(8-16-12)13(14)15/h2-8H,1H3,(H3,14,15). The fraction of sp³-hybridized carbons (Fsp3) is 0.0769. The number of amidine groups is 1. The molecule has 0 aliphatic rings. The Bertz CT molecular complexity index is 537. The number of pyridine rings is 1. The van der Waals surface area contributed by atoms with E-state index >= 15 is 0 Å². The average Bonchev–Trinajstić information content (AvgIpc) is 2.40. The molecule has 1 aromatic carbocycles. The van der Waals surface area contributed by atoms with Crippen molar-refractivity contribution in [2.45, 2.75) is 4.90 Å². The average molecular weight is 259 g/mol. The van der Waals surface area contributed by atoms with E-state index in [9.17, 15) is 0 Å². The quantitative estimate of drug-likeness (QED) is 0.503. The summed E-state index contributed by atoms with van der Waals surface area (Å²) >= 11 is 1.68. The summed E-state index contributed by atoms with van der Waals surface area (Å²) in [5, 5.41) is 7.27. The number of hydrogen-bond acceptors (Lipinski definition) is 4. The van der Waals surface area contributed by atoms with E-state index in [1.807, 2.05) is 30.5 Å². The Labute approximate surface area is 110 Å². The summed E-state index contributed by atoms with van der Waals surface area (Å²) in [6.07, 6.45) is 3.55. The van der Waals surface area contributed by atoms with Crippen molar-refractivity contribution in [3.8, 4) is 11.6 Å². The highest BCUT2D eigenvalue weighted by Gasteiger charge is 2.01. The van der Waals surface area contributed by atoms with Gasteiger partial charge in [0.2, 0.25) is 5.88 Å². The number of aromatic nitrogens is 1. The van der Waals surface area contributed by atoms with E-state index in [4.69, 9.17) is 15.9 Å². The van der Waals surface area contributed by atoms with Crippen LogP contribution in [0.25, 0.3) is 0 Å². The lowest BCUT2D eigenvalue weighted by Crippen LogP contribution is -2.11. The van der Waals surface area contributed by atoms with Crippen molar-refractivity contribution in [2.75, 3.05) is 6.26 Å². The number of nitrogens with two attached hydrogens (primary N) is 1. The van der Waals surface area contributed by atoms with Gasteiger partial charge in [-0.15, -0.1) is 11.8 Å². The molecule has 2 rings (SSSR count). The van der Waals surface area contributed by atoms with Crippen molar-refractivity contribution in [2.24, 2.45) is 5.73 Å². The molecule has 0 spiro atoms. The maximum Gasteiger partial charge on any atom is 0.219 e. The van der Waals surface area contributed by atoms with Crippen molar-refractivity contribution < 1.29 is 4.74 Å². The molecule has 92 valence electrons. The maximum atomic E-state index is 7.27. The zero-order valence-corrected chi connectivity index (χ0v) is 10.7. The number of nitrogen functional groups attached to an aromatic ring is 1. The van der Waals surface area contributed by atoms with Crippen molar-refractivity contribution >= 4 is 17.6 Å². The Kier molecular flexibility index (Phi) is 3.84. The zero-order valence-electron chi connectivity index (χ0n) is 9.88. The number of rotatable bonds is 4. The van der Waals surface area contributed by atoms with E-state index in [0.717, 1.165) is 5.75 Å². The largest absolute Gasteiger partial charge is 0.439 e. The van der Waals surface area contributed by atoms with Crippen molar-refractivity contribution in [3.05, 3.63) is 48.2 Å². The smallest absolute Gasteiger partial charge is 0.219 e. The first-order valence-electron chi connectivity index (χ1n) is 5.31. The van der Waals surface area contributed by atoms with Gasteiger partial charge < -0.3 is 10.5 Å². The zero-order chi connectivity index (χ0) is 13.0. The summed E-state index contributed by atoms with van der Waals surface area (Å²) < 4.78 is 5.58. The molecule has 0 aliphatic carbocycles. The van der Waals surface area contributed by atoms with Crippen LogP contribution in [0.1, 0.15) is 5.56 Å². The van der Waals surface area contributed by atoms with Gasteiger partial charge >= 0.3 is 0 Å². The van der Waals surface area contributed by atoms with Crippen LogP contribution >= 0.6 is 11.8 Å². The molecule has 4 nitrogen and oxygen atoms in total. The second-order valence-electron chi connectivity index (χ2n) is 3.58. The van der Waals surface area contributed by atoms with E-state index in [0.29, 0.717) is 11.4 Å². The highest BCUT2D eigenvalue weighted by atomic mass is 32.2. The predicted molar refractivity (Wildman–Crippen MR) is 73.6 cm³/mol. The first-order chi connectivity index (χ1) is 8.69. The Balaban J connectivity index is 2.10. The van der Waals surface area contributed by atoms with Gasteiger partial charge in [-0.05, 0) is 36.6 Å². The third kappa shape index (κ3) is 3.01. The lowest BCUT2D eigenvalue weighted by atomic mass is 10.3. The van der Waals surface area contributed by atoms with Crippen LogP contribution in [0.4, 0.5) is 0 Å². The third-order valence-corrected chi connectivity index (χ3v) is 3.07. The van der Waals surface area contributed by atoms with Gasteiger partial charge in [-0.1, -0.05) is 0 Å². The second kappa shape index (κ2) is 5.55. The number of benzene rings is 1. The molecule has 0 saturated heterocycles. The van der Waals surface area contributed by atoms with Crippen LogP contribution in [-0.4, -0.2) is 17.1 Å². The topological polar surface area (TPSA) is 72.0 Å². The first kappa shape index (κ1) is 12.4. The van der Waals surface area contributed by atoms with Crippen molar-refractivity contribution in [1.82, 2.24) is 4.98 Å². The molecule has 0 bridgehead atoms. The van der Waals surface area contributed by atoms with Crippen LogP contribution in [0.15, 0.2) is 47.5 Å².